The van der Waals surface area contributed by atoms with Crippen molar-refractivity contribution in [3.05, 3.63) is 47.5 Å². The van der Waals surface area contributed by atoms with Crippen molar-refractivity contribution in [2.75, 3.05) is 76.9 Å². The number of nitrogens with zero attached hydrogens (tertiary/aromatic N) is 3. The summed E-state index contributed by atoms with van der Waals surface area (Å²) in [5.41, 5.74) is 3.03. The minimum atomic E-state index is -3.74. The number of amides is 1. The predicted octanol–water partition coefficient (Wildman–Crippen LogP) is 2.03. The van der Waals surface area contributed by atoms with Crippen LogP contribution in [0.5, 0.6) is 5.75 Å². The van der Waals surface area contributed by atoms with Crippen molar-refractivity contribution in [3.8, 4) is 5.75 Å². The molecule has 0 bridgehead atoms. The van der Waals surface area contributed by atoms with Crippen LogP contribution in [-0.4, -0.2) is 90.2 Å². The number of hydrogen-bond acceptors (Lipinski definition) is 7. The maximum Gasteiger partial charge on any atom is 0.259 e. The molecule has 2 fully saturated rings. The Morgan fingerprint density at radius 1 is 1.00 bits per heavy atom. The molecule has 34 heavy (non-hydrogen) atoms. The molecule has 0 aliphatic carbocycles. The third kappa shape index (κ3) is 5.20. The smallest absolute Gasteiger partial charge is 0.259 e. The number of sulfonamides is 1. The number of anilines is 2. The molecule has 0 spiro atoms. The van der Waals surface area contributed by atoms with E-state index in [1.54, 1.807) is 0 Å². The van der Waals surface area contributed by atoms with Gasteiger partial charge in [-0.15, -0.1) is 0 Å². The van der Waals surface area contributed by atoms with E-state index in [0.29, 0.717) is 24.7 Å². The normalized spacial score (nSPS) is 18.0. The van der Waals surface area contributed by atoms with Gasteiger partial charge >= 0.3 is 0 Å². The number of carbonyl (C=O) groups excluding carboxylic acids is 1. The number of ether oxygens (including phenoxy) is 2. The molecule has 2 aliphatic heterocycles. The second kappa shape index (κ2) is 10.3. The molecule has 2 heterocycles. The Balaban J connectivity index is 1.54. The van der Waals surface area contributed by atoms with Gasteiger partial charge in [-0.3, -0.25) is 4.79 Å². The van der Waals surface area contributed by atoms with Gasteiger partial charge in [-0.25, -0.2) is 8.42 Å². The minimum absolute atomic E-state index is 0.0574. The molecule has 9 nitrogen and oxygen atoms in total. The third-order valence-corrected chi connectivity index (χ3v) is 8.22. The second-order valence-electron chi connectivity index (χ2n) is 8.62. The van der Waals surface area contributed by atoms with Gasteiger partial charge in [0.2, 0.25) is 10.0 Å². The van der Waals surface area contributed by atoms with Crippen molar-refractivity contribution < 1.29 is 22.7 Å². The van der Waals surface area contributed by atoms with Crippen molar-refractivity contribution >= 4 is 27.3 Å². The van der Waals surface area contributed by atoms with Gasteiger partial charge in [0.25, 0.3) is 5.91 Å². The van der Waals surface area contributed by atoms with Crippen LogP contribution in [-0.2, 0) is 14.8 Å². The molecule has 4 rings (SSSR count). The summed E-state index contributed by atoms with van der Waals surface area (Å²) in [4.78, 5) is 17.9. The van der Waals surface area contributed by atoms with Gasteiger partial charge in [0, 0.05) is 50.6 Å². The molecule has 2 aliphatic rings. The Morgan fingerprint density at radius 2 is 1.71 bits per heavy atom. The fourth-order valence-corrected chi connectivity index (χ4v) is 5.73. The summed E-state index contributed by atoms with van der Waals surface area (Å²) in [6.07, 6.45) is 0. The zero-order chi connectivity index (χ0) is 24.3. The first-order chi connectivity index (χ1) is 16.3. The number of benzene rings is 2. The second-order valence-corrected chi connectivity index (χ2v) is 10.6. The summed E-state index contributed by atoms with van der Waals surface area (Å²) in [6.45, 7) is 7.26. The number of carbonyl (C=O) groups is 1. The summed E-state index contributed by atoms with van der Waals surface area (Å²) < 4.78 is 38.1. The number of methoxy groups -OCH3 is 1. The molecule has 0 saturated carbocycles. The first-order valence-electron chi connectivity index (χ1n) is 11.4. The van der Waals surface area contributed by atoms with E-state index < -0.39 is 15.9 Å². The molecule has 0 atom stereocenters. The van der Waals surface area contributed by atoms with Gasteiger partial charge in [0.15, 0.2) is 0 Å². The number of nitrogens with one attached hydrogen (secondary N) is 1. The van der Waals surface area contributed by atoms with Crippen molar-refractivity contribution in [3.63, 3.8) is 0 Å². The van der Waals surface area contributed by atoms with E-state index in [-0.39, 0.29) is 23.5 Å². The first kappa shape index (κ1) is 24.5. The van der Waals surface area contributed by atoms with E-state index in [9.17, 15) is 13.2 Å². The lowest BCUT2D eigenvalue weighted by Gasteiger charge is -2.35. The zero-order valence-electron chi connectivity index (χ0n) is 19.9. The zero-order valence-corrected chi connectivity index (χ0v) is 20.7. The summed E-state index contributed by atoms with van der Waals surface area (Å²) in [5.74, 6) is -0.119. The lowest BCUT2D eigenvalue weighted by molar-refractivity contribution is 0.0730. The van der Waals surface area contributed by atoms with Gasteiger partial charge in [-0.1, -0.05) is 0 Å². The molecule has 2 saturated heterocycles. The molecular weight excluding hydrogens is 456 g/mol. The van der Waals surface area contributed by atoms with Crippen molar-refractivity contribution in [2.24, 2.45) is 0 Å². The Hall–Kier alpha value is -2.66. The Kier molecular flexibility index (Phi) is 7.42. The molecule has 0 aromatic heterocycles. The quantitative estimate of drug-likeness (QED) is 0.665. The molecule has 2 aromatic rings. The van der Waals surface area contributed by atoms with Crippen LogP contribution in [0.15, 0.2) is 41.3 Å². The van der Waals surface area contributed by atoms with Crippen LogP contribution < -0.4 is 15.0 Å². The SMILES string of the molecule is COc1ccc(S(=O)(=O)N2CCOCC2)cc1C(=O)Nc1ccc(N2CCN(C)CC2)c(C)c1. The van der Waals surface area contributed by atoms with E-state index in [0.717, 1.165) is 37.4 Å². The molecule has 0 radical (unpaired) electrons. The average molecular weight is 489 g/mol. The molecule has 1 N–H and O–H groups in total. The number of rotatable bonds is 6. The van der Waals surface area contributed by atoms with Crippen LogP contribution in [0.2, 0.25) is 0 Å². The predicted molar refractivity (Wildman–Crippen MR) is 131 cm³/mol. The third-order valence-electron chi connectivity index (χ3n) is 6.32. The number of piperazine rings is 1. The fourth-order valence-electron chi connectivity index (χ4n) is 4.29. The van der Waals surface area contributed by atoms with E-state index in [2.05, 4.69) is 22.2 Å². The maximum absolute atomic E-state index is 13.1. The molecule has 10 heteroatoms. The summed E-state index contributed by atoms with van der Waals surface area (Å²) in [5, 5.41) is 2.90. The highest BCUT2D eigenvalue weighted by molar-refractivity contribution is 7.89. The highest BCUT2D eigenvalue weighted by atomic mass is 32.2. The fraction of sp³-hybridized carbons (Fsp3) is 0.458. The summed E-state index contributed by atoms with van der Waals surface area (Å²) >= 11 is 0. The molecule has 1 amide bonds. The highest BCUT2D eigenvalue weighted by Crippen LogP contribution is 2.28. The number of likely N-dealkylation sites (N-methyl/N-ethyl adjacent to an activating group) is 1. The topological polar surface area (TPSA) is 91.4 Å². The average Bonchev–Trinajstić information content (AvgIpc) is 2.85. The largest absolute Gasteiger partial charge is 0.496 e. The maximum atomic E-state index is 13.1. The molecule has 2 aromatic carbocycles. The van der Waals surface area contributed by atoms with Gasteiger partial charge in [0.1, 0.15) is 5.75 Å². The summed E-state index contributed by atoms with van der Waals surface area (Å²) in [7, 11) is -0.157. The summed E-state index contributed by atoms with van der Waals surface area (Å²) in [6, 6.07) is 10.2. The van der Waals surface area contributed by atoms with Crippen LogP contribution in [0.4, 0.5) is 11.4 Å². The molecular formula is C24H32N4O5S. The van der Waals surface area contributed by atoms with Crippen LogP contribution in [0.1, 0.15) is 15.9 Å². The van der Waals surface area contributed by atoms with Crippen LogP contribution >= 0.6 is 0 Å². The van der Waals surface area contributed by atoms with Crippen molar-refractivity contribution in [2.45, 2.75) is 11.8 Å². The van der Waals surface area contributed by atoms with E-state index in [1.165, 1.54) is 29.6 Å². The Morgan fingerprint density at radius 3 is 2.35 bits per heavy atom. The Bertz CT molecular complexity index is 1140. The minimum Gasteiger partial charge on any atom is -0.496 e. The van der Waals surface area contributed by atoms with Gasteiger partial charge < -0.3 is 24.6 Å². The first-order valence-corrected chi connectivity index (χ1v) is 12.8. The number of morpholine rings is 1. The van der Waals surface area contributed by atoms with Crippen LogP contribution in [0.3, 0.4) is 0 Å². The number of aryl methyl sites for hydroxylation is 1. The van der Waals surface area contributed by atoms with Crippen molar-refractivity contribution in [1.82, 2.24) is 9.21 Å². The molecule has 184 valence electrons. The Labute approximate surface area is 201 Å². The van der Waals surface area contributed by atoms with E-state index in [1.807, 2.05) is 25.1 Å². The van der Waals surface area contributed by atoms with Gasteiger partial charge in [-0.05, 0) is 55.9 Å². The lowest BCUT2D eigenvalue weighted by atomic mass is 10.1. The van der Waals surface area contributed by atoms with Crippen LogP contribution in [0.25, 0.3) is 0 Å². The monoisotopic (exact) mass is 488 g/mol. The van der Waals surface area contributed by atoms with E-state index in [4.69, 9.17) is 9.47 Å². The highest BCUT2D eigenvalue weighted by Gasteiger charge is 2.28. The van der Waals surface area contributed by atoms with E-state index >= 15 is 0 Å². The van der Waals surface area contributed by atoms with Gasteiger partial charge in [0.05, 0.1) is 30.8 Å². The van der Waals surface area contributed by atoms with Crippen molar-refractivity contribution in [1.29, 1.82) is 0 Å². The van der Waals surface area contributed by atoms with Crippen LogP contribution in [0, 0.1) is 6.92 Å². The standard InChI is InChI=1S/C24H32N4O5S/c1-18-16-19(4-6-22(18)27-10-8-26(2)9-11-27)25-24(29)21-17-20(5-7-23(21)32-3)34(30,31)28-12-14-33-15-13-28/h4-7,16-17H,8-15H2,1-3H3,(H,25,29). The molecule has 0 unspecified atom stereocenters. The number of hydrogen-bond donors (Lipinski definition) is 1. The van der Waals surface area contributed by atoms with Gasteiger partial charge in [-0.2, -0.15) is 4.31 Å². The lowest BCUT2D eigenvalue weighted by Crippen LogP contribution is -2.44.